The Hall–Kier alpha value is -2.59. The van der Waals surface area contributed by atoms with Crippen molar-refractivity contribution < 1.29 is 18.3 Å². The number of carbonyl (C=O) groups is 1. The van der Waals surface area contributed by atoms with E-state index in [0.717, 1.165) is 5.52 Å². The number of rotatable bonds is 8. The van der Waals surface area contributed by atoms with E-state index < -0.39 is 22.0 Å². The normalized spacial score (nSPS) is 12.7. The first-order valence-electron chi connectivity index (χ1n) is 8.48. The number of carboxylic acid groups (broad SMARTS) is 1. The van der Waals surface area contributed by atoms with E-state index in [1.807, 2.05) is 12.1 Å². The number of hydrogen-bond donors (Lipinski definition) is 5. The summed E-state index contributed by atoms with van der Waals surface area (Å²) in [4.78, 5) is 11.1. The van der Waals surface area contributed by atoms with Gasteiger partial charge in [0.1, 0.15) is 10.9 Å². The summed E-state index contributed by atoms with van der Waals surface area (Å²) in [6, 6.07) is 6.51. The van der Waals surface area contributed by atoms with Crippen molar-refractivity contribution in [1.82, 2.24) is 19.9 Å². The van der Waals surface area contributed by atoms with E-state index in [1.54, 1.807) is 37.7 Å². The van der Waals surface area contributed by atoms with E-state index in [1.165, 1.54) is 0 Å². The highest BCUT2D eigenvalue weighted by Gasteiger charge is 2.25. The molecule has 1 heterocycles. The molecule has 0 radical (unpaired) electrons. The lowest BCUT2D eigenvalue weighted by atomic mass is 10.1. The molecule has 2 aromatic rings. The van der Waals surface area contributed by atoms with Crippen LogP contribution in [0.3, 0.4) is 0 Å². The Labute approximate surface area is 158 Å². The first kappa shape index (κ1) is 20.7. The zero-order valence-corrected chi connectivity index (χ0v) is 16.4. The van der Waals surface area contributed by atoms with Crippen LogP contribution in [0.4, 0.5) is 0 Å². The molecule has 0 saturated carbocycles. The molecule has 0 unspecified atom stereocenters. The summed E-state index contributed by atoms with van der Waals surface area (Å²) < 4.78 is 29.6. The Bertz CT molecular complexity index is 952. The van der Waals surface area contributed by atoms with Crippen LogP contribution in [0.5, 0.6) is 0 Å². The molecule has 0 spiro atoms. The predicted molar refractivity (Wildman–Crippen MR) is 103 cm³/mol. The number of aryl methyl sites for hydroxylation is 1. The highest BCUT2D eigenvalue weighted by atomic mass is 32.2. The van der Waals surface area contributed by atoms with Gasteiger partial charge in [-0.15, -0.1) is 0 Å². The van der Waals surface area contributed by atoms with E-state index in [9.17, 15) is 13.2 Å². The number of fused-ring (bicyclic) bond motifs is 1. The average Bonchev–Trinajstić information content (AvgIpc) is 2.86. The van der Waals surface area contributed by atoms with Gasteiger partial charge in [-0.2, -0.15) is 0 Å². The fourth-order valence-corrected chi connectivity index (χ4v) is 4.39. The van der Waals surface area contributed by atoms with Gasteiger partial charge in [0.15, 0.2) is 0 Å². The van der Waals surface area contributed by atoms with Crippen LogP contribution in [0.1, 0.15) is 18.5 Å². The van der Waals surface area contributed by atoms with Crippen LogP contribution in [0.25, 0.3) is 10.9 Å². The standard InChI is InChI=1S/C17H25N5O4S/c1-11-15(12-7-4-5-9-14(12)22(11)3)27(25,26)21-17(18)20-10-6-8-13(19-2)16(23)24/h4-5,7,9,13,19H,6,8,10H2,1-3H3,(H,23,24)(H3,18,20,21)/t13-/m0/s1. The summed E-state index contributed by atoms with van der Waals surface area (Å²) in [7, 11) is -0.575. The van der Waals surface area contributed by atoms with Gasteiger partial charge in [-0.1, -0.05) is 18.2 Å². The van der Waals surface area contributed by atoms with Gasteiger partial charge in [-0.05, 0) is 32.9 Å². The van der Waals surface area contributed by atoms with Gasteiger partial charge in [0.2, 0.25) is 5.96 Å². The maximum atomic E-state index is 12.8. The molecule has 27 heavy (non-hydrogen) atoms. The fraction of sp³-hybridized carbons (Fsp3) is 0.412. The van der Waals surface area contributed by atoms with E-state index in [4.69, 9.17) is 10.5 Å². The lowest BCUT2D eigenvalue weighted by molar-refractivity contribution is -0.139. The highest BCUT2D eigenvalue weighted by molar-refractivity contribution is 7.90. The van der Waals surface area contributed by atoms with Crippen molar-refractivity contribution in [2.45, 2.75) is 30.7 Å². The molecule has 2 rings (SSSR count). The maximum Gasteiger partial charge on any atom is 0.320 e. The van der Waals surface area contributed by atoms with Crippen molar-refractivity contribution in [3.05, 3.63) is 30.0 Å². The second kappa shape index (κ2) is 8.40. The van der Waals surface area contributed by atoms with Gasteiger partial charge in [0.25, 0.3) is 10.0 Å². The number of hydrogen-bond acceptors (Lipinski definition) is 5. The van der Waals surface area contributed by atoms with Gasteiger partial charge in [-0.25, -0.2) is 13.1 Å². The quantitative estimate of drug-likeness (QED) is 0.254. The summed E-state index contributed by atoms with van der Waals surface area (Å²) >= 11 is 0. The third-order valence-corrected chi connectivity index (χ3v) is 5.99. The first-order valence-corrected chi connectivity index (χ1v) is 9.96. The average molecular weight is 395 g/mol. The van der Waals surface area contributed by atoms with Crippen molar-refractivity contribution in [2.75, 3.05) is 13.6 Å². The second-order valence-electron chi connectivity index (χ2n) is 6.22. The molecule has 148 valence electrons. The molecule has 0 saturated heterocycles. The zero-order valence-electron chi connectivity index (χ0n) is 15.5. The Morgan fingerprint density at radius 2 is 2.00 bits per heavy atom. The maximum absolute atomic E-state index is 12.8. The lowest BCUT2D eigenvalue weighted by Gasteiger charge is -2.13. The number of sulfonamides is 1. The molecule has 10 heteroatoms. The predicted octanol–water partition coefficient (Wildman–Crippen LogP) is 0.742. The van der Waals surface area contributed by atoms with Crippen molar-refractivity contribution in [3.63, 3.8) is 0 Å². The van der Waals surface area contributed by atoms with Crippen LogP contribution in [0, 0.1) is 12.3 Å². The van der Waals surface area contributed by atoms with Crippen LogP contribution >= 0.6 is 0 Å². The third kappa shape index (κ3) is 4.58. The van der Waals surface area contributed by atoms with Crippen LogP contribution < -0.4 is 15.4 Å². The highest BCUT2D eigenvalue weighted by Crippen LogP contribution is 2.28. The smallest absolute Gasteiger partial charge is 0.320 e. The molecule has 1 atom stereocenters. The molecule has 0 aliphatic rings. The van der Waals surface area contributed by atoms with Gasteiger partial charge in [0.05, 0.1) is 0 Å². The molecule has 9 nitrogen and oxygen atoms in total. The number of benzene rings is 1. The van der Waals surface area contributed by atoms with E-state index in [-0.39, 0.29) is 17.4 Å². The summed E-state index contributed by atoms with van der Waals surface area (Å²) in [5.41, 5.74) is 1.37. The third-order valence-electron chi connectivity index (χ3n) is 4.46. The summed E-state index contributed by atoms with van der Waals surface area (Å²) in [5, 5.41) is 22.8. The number of aromatic nitrogens is 1. The number of likely N-dealkylation sites (N-methyl/N-ethyl adjacent to an activating group) is 1. The Kier molecular flexibility index (Phi) is 6.45. The second-order valence-corrected chi connectivity index (χ2v) is 7.84. The Balaban J connectivity index is 2.04. The minimum atomic E-state index is -3.93. The topological polar surface area (TPSA) is 136 Å². The molecular formula is C17H25N5O4S. The zero-order chi connectivity index (χ0) is 20.2. The number of nitrogens with one attached hydrogen (secondary N) is 4. The fourth-order valence-electron chi connectivity index (χ4n) is 2.96. The minimum Gasteiger partial charge on any atom is -0.480 e. The van der Waals surface area contributed by atoms with Crippen LogP contribution in [-0.2, 0) is 21.9 Å². The number of para-hydroxylation sites is 1. The summed E-state index contributed by atoms with van der Waals surface area (Å²) in [6.45, 7) is 2.00. The minimum absolute atomic E-state index is 0.147. The number of carboxylic acids is 1. The van der Waals surface area contributed by atoms with E-state index >= 15 is 0 Å². The molecule has 5 N–H and O–H groups in total. The van der Waals surface area contributed by atoms with E-state index in [2.05, 4.69) is 15.4 Å². The largest absolute Gasteiger partial charge is 0.480 e. The molecule has 0 aliphatic heterocycles. The number of nitrogens with zero attached hydrogens (tertiary/aromatic N) is 1. The van der Waals surface area contributed by atoms with Crippen molar-refractivity contribution in [2.24, 2.45) is 7.05 Å². The first-order chi connectivity index (χ1) is 12.7. The van der Waals surface area contributed by atoms with Crippen LogP contribution in [0.2, 0.25) is 0 Å². The monoisotopic (exact) mass is 395 g/mol. The Morgan fingerprint density at radius 1 is 1.33 bits per heavy atom. The molecular weight excluding hydrogens is 370 g/mol. The molecule has 1 aromatic carbocycles. The van der Waals surface area contributed by atoms with Gasteiger partial charge >= 0.3 is 5.97 Å². The summed E-state index contributed by atoms with van der Waals surface area (Å²) in [5.74, 6) is -1.29. The van der Waals surface area contributed by atoms with Crippen LogP contribution in [-0.4, -0.2) is 49.7 Å². The number of aliphatic carboxylic acids is 1. The number of guanidine groups is 1. The molecule has 0 fully saturated rings. The Morgan fingerprint density at radius 3 is 2.63 bits per heavy atom. The molecule has 0 bridgehead atoms. The van der Waals surface area contributed by atoms with Crippen molar-refractivity contribution in [3.8, 4) is 0 Å². The summed E-state index contributed by atoms with van der Waals surface area (Å²) in [6.07, 6.45) is 0.830. The molecule has 0 aliphatic carbocycles. The van der Waals surface area contributed by atoms with Gasteiger partial charge < -0.3 is 20.3 Å². The van der Waals surface area contributed by atoms with Crippen LogP contribution in [0.15, 0.2) is 29.2 Å². The molecule has 0 amide bonds. The van der Waals surface area contributed by atoms with Crippen molar-refractivity contribution >= 4 is 32.9 Å². The lowest BCUT2D eigenvalue weighted by Crippen LogP contribution is -2.41. The molecule has 1 aromatic heterocycles. The van der Waals surface area contributed by atoms with Gasteiger partial charge in [-0.3, -0.25) is 10.2 Å². The SMILES string of the molecule is CN[C@@H](CCCNC(=N)NS(=O)(=O)c1c(C)n(C)c2ccccc12)C(=O)O. The van der Waals surface area contributed by atoms with Gasteiger partial charge in [0, 0.05) is 30.2 Å². The van der Waals surface area contributed by atoms with Crippen molar-refractivity contribution in [1.29, 1.82) is 5.41 Å². The van der Waals surface area contributed by atoms with E-state index in [0.29, 0.717) is 23.9 Å².